The lowest BCUT2D eigenvalue weighted by molar-refractivity contribution is 0.504. The molecule has 0 heterocycles. The molecule has 74 valence electrons. The number of hydrogen-bond donors (Lipinski definition) is 1. The summed E-state index contributed by atoms with van der Waals surface area (Å²) >= 11 is 0. The summed E-state index contributed by atoms with van der Waals surface area (Å²) in [5.74, 6) is 0.914. The van der Waals surface area contributed by atoms with Crippen LogP contribution in [-0.2, 0) is 0 Å². The Balaban J connectivity index is 3.67. The maximum atomic E-state index is 3.44. The highest BCUT2D eigenvalue weighted by molar-refractivity contribution is 6.76. The van der Waals surface area contributed by atoms with Gasteiger partial charge in [-0.2, -0.15) is 0 Å². The van der Waals surface area contributed by atoms with E-state index in [-0.39, 0.29) is 0 Å². The third kappa shape index (κ3) is 6.86. The van der Waals surface area contributed by atoms with Gasteiger partial charge in [-0.15, -0.1) is 0 Å². The lowest BCUT2D eigenvalue weighted by atomic mass is 10.1. The van der Waals surface area contributed by atoms with Crippen LogP contribution in [0.4, 0.5) is 0 Å². The SMILES string of the molecule is CCNCC(CC)C[Si](C)(C)C. The molecule has 1 nitrogen and oxygen atoms in total. The second kappa shape index (κ2) is 5.76. The van der Waals surface area contributed by atoms with E-state index in [9.17, 15) is 0 Å². The number of nitrogens with one attached hydrogen (secondary N) is 1. The average Bonchev–Trinajstić information content (AvgIpc) is 1.95. The minimum atomic E-state index is -0.831. The predicted molar refractivity (Wildman–Crippen MR) is 60.5 cm³/mol. The molecule has 0 rings (SSSR count). The van der Waals surface area contributed by atoms with E-state index in [1.807, 2.05) is 0 Å². The van der Waals surface area contributed by atoms with Gasteiger partial charge in [0.15, 0.2) is 0 Å². The Hall–Kier alpha value is 0.177. The van der Waals surface area contributed by atoms with Gasteiger partial charge in [0, 0.05) is 8.07 Å². The van der Waals surface area contributed by atoms with Gasteiger partial charge in [-0.25, -0.2) is 0 Å². The van der Waals surface area contributed by atoms with Crippen LogP contribution in [0.25, 0.3) is 0 Å². The predicted octanol–water partition coefficient (Wildman–Crippen LogP) is 2.96. The highest BCUT2D eigenvalue weighted by Gasteiger charge is 2.18. The van der Waals surface area contributed by atoms with E-state index in [0.717, 1.165) is 12.5 Å². The summed E-state index contributed by atoms with van der Waals surface area (Å²) in [6.07, 6.45) is 1.33. The second-order valence-electron chi connectivity index (χ2n) is 4.85. The minimum absolute atomic E-state index is 0.831. The van der Waals surface area contributed by atoms with E-state index >= 15 is 0 Å². The highest BCUT2D eigenvalue weighted by atomic mass is 28.3. The van der Waals surface area contributed by atoms with Gasteiger partial charge in [-0.05, 0) is 19.0 Å². The fourth-order valence-corrected chi connectivity index (χ4v) is 3.74. The maximum absolute atomic E-state index is 3.44. The molecule has 0 amide bonds. The second-order valence-corrected chi connectivity index (χ2v) is 10.4. The van der Waals surface area contributed by atoms with Crippen LogP contribution in [0.1, 0.15) is 20.3 Å². The zero-order valence-corrected chi connectivity index (χ0v) is 10.4. The Morgan fingerprint density at radius 3 is 2.08 bits per heavy atom. The normalized spacial score (nSPS) is 14.8. The van der Waals surface area contributed by atoms with Gasteiger partial charge in [0.25, 0.3) is 0 Å². The summed E-state index contributed by atoms with van der Waals surface area (Å²) < 4.78 is 0. The minimum Gasteiger partial charge on any atom is -0.317 e. The molecule has 0 aliphatic carbocycles. The van der Waals surface area contributed by atoms with E-state index in [4.69, 9.17) is 0 Å². The molecule has 0 radical (unpaired) electrons. The summed E-state index contributed by atoms with van der Waals surface area (Å²) in [5, 5.41) is 3.44. The maximum Gasteiger partial charge on any atom is 0.0445 e. The quantitative estimate of drug-likeness (QED) is 0.630. The third-order valence-corrected chi connectivity index (χ3v) is 3.96. The molecule has 0 fully saturated rings. The first-order valence-corrected chi connectivity index (χ1v) is 8.91. The summed E-state index contributed by atoms with van der Waals surface area (Å²) in [6.45, 7) is 14.2. The van der Waals surface area contributed by atoms with Gasteiger partial charge in [-0.3, -0.25) is 0 Å². The molecule has 0 aliphatic heterocycles. The average molecular weight is 187 g/mol. The molecular formula is C10H25NSi. The van der Waals surface area contributed by atoms with Crippen molar-refractivity contribution in [2.75, 3.05) is 13.1 Å². The molecule has 0 aliphatic rings. The summed E-state index contributed by atoms with van der Waals surface area (Å²) in [6, 6.07) is 1.47. The van der Waals surface area contributed by atoms with Gasteiger partial charge >= 0.3 is 0 Å². The summed E-state index contributed by atoms with van der Waals surface area (Å²) in [7, 11) is -0.831. The van der Waals surface area contributed by atoms with Crippen LogP contribution in [0.3, 0.4) is 0 Å². The van der Waals surface area contributed by atoms with E-state index in [0.29, 0.717) is 0 Å². The Morgan fingerprint density at radius 2 is 1.75 bits per heavy atom. The third-order valence-electron chi connectivity index (χ3n) is 2.16. The lowest BCUT2D eigenvalue weighted by Crippen LogP contribution is -2.30. The van der Waals surface area contributed by atoms with E-state index in [1.165, 1.54) is 19.0 Å². The van der Waals surface area contributed by atoms with Crippen LogP contribution < -0.4 is 5.32 Å². The molecule has 1 unspecified atom stereocenters. The molecule has 0 spiro atoms. The van der Waals surface area contributed by atoms with E-state index < -0.39 is 8.07 Å². The van der Waals surface area contributed by atoms with Crippen LogP contribution >= 0.6 is 0 Å². The largest absolute Gasteiger partial charge is 0.317 e. The fourth-order valence-electron chi connectivity index (χ4n) is 1.58. The monoisotopic (exact) mass is 187 g/mol. The smallest absolute Gasteiger partial charge is 0.0445 e. The van der Waals surface area contributed by atoms with Crippen molar-refractivity contribution in [3.63, 3.8) is 0 Å². The molecule has 0 aromatic heterocycles. The van der Waals surface area contributed by atoms with Crippen molar-refractivity contribution >= 4 is 8.07 Å². The molecule has 1 N–H and O–H groups in total. The van der Waals surface area contributed by atoms with Crippen LogP contribution in [-0.4, -0.2) is 21.2 Å². The van der Waals surface area contributed by atoms with Crippen LogP contribution in [0.15, 0.2) is 0 Å². The number of hydrogen-bond acceptors (Lipinski definition) is 1. The van der Waals surface area contributed by atoms with Crippen LogP contribution in [0, 0.1) is 5.92 Å². The molecule has 12 heavy (non-hydrogen) atoms. The number of rotatable bonds is 6. The van der Waals surface area contributed by atoms with Gasteiger partial charge in [0.1, 0.15) is 0 Å². The van der Waals surface area contributed by atoms with Crippen molar-refractivity contribution in [1.29, 1.82) is 0 Å². The highest BCUT2D eigenvalue weighted by Crippen LogP contribution is 2.18. The van der Waals surface area contributed by atoms with Crippen molar-refractivity contribution in [3.05, 3.63) is 0 Å². The molecule has 1 atom stereocenters. The molecule has 0 bridgehead atoms. The fraction of sp³-hybridized carbons (Fsp3) is 1.00. The molecule has 0 saturated heterocycles. The standard InChI is InChI=1S/C10H25NSi/c1-6-10(8-11-7-2)9-12(3,4)5/h10-11H,6-9H2,1-5H3. The Morgan fingerprint density at radius 1 is 1.17 bits per heavy atom. The zero-order valence-electron chi connectivity index (χ0n) is 9.41. The molecular weight excluding hydrogens is 162 g/mol. The zero-order chi connectivity index (χ0) is 9.61. The van der Waals surface area contributed by atoms with Crippen molar-refractivity contribution < 1.29 is 0 Å². The van der Waals surface area contributed by atoms with Crippen molar-refractivity contribution in [2.24, 2.45) is 5.92 Å². The lowest BCUT2D eigenvalue weighted by Gasteiger charge is -2.23. The first-order valence-electron chi connectivity index (χ1n) is 5.20. The molecule has 2 heteroatoms. The molecule has 0 aromatic rings. The Labute approximate surface area is 79.0 Å². The van der Waals surface area contributed by atoms with E-state index in [1.54, 1.807) is 0 Å². The Bertz CT molecular complexity index is 107. The van der Waals surface area contributed by atoms with E-state index in [2.05, 4.69) is 38.8 Å². The Kier molecular flexibility index (Phi) is 5.84. The van der Waals surface area contributed by atoms with Gasteiger partial charge < -0.3 is 5.32 Å². The first kappa shape index (κ1) is 12.2. The van der Waals surface area contributed by atoms with Crippen LogP contribution in [0.5, 0.6) is 0 Å². The summed E-state index contributed by atoms with van der Waals surface area (Å²) in [5.41, 5.74) is 0. The van der Waals surface area contributed by atoms with Crippen LogP contribution in [0.2, 0.25) is 25.7 Å². The topological polar surface area (TPSA) is 12.0 Å². The molecule has 0 saturated carbocycles. The first-order chi connectivity index (χ1) is 5.49. The molecule has 0 aromatic carbocycles. The summed E-state index contributed by atoms with van der Waals surface area (Å²) in [4.78, 5) is 0. The van der Waals surface area contributed by atoms with Crippen molar-refractivity contribution in [2.45, 2.75) is 46.0 Å². The van der Waals surface area contributed by atoms with Gasteiger partial charge in [0.05, 0.1) is 0 Å². The van der Waals surface area contributed by atoms with Gasteiger partial charge in [0.2, 0.25) is 0 Å². The van der Waals surface area contributed by atoms with Crippen molar-refractivity contribution in [3.8, 4) is 0 Å². The van der Waals surface area contributed by atoms with Gasteiger partial charge in [-0.1, -0.05) is 46.0 Å². The van der Waals surface area contributed by atoms with Crippen molar-refractivity contribution in [1.82, 2.24) is 5.32 Å².